The van der Waals surface area contributed by atoms with Gasteiger partial charge in [-0.2, -0.15) is 0 Å². The highest BCUT2D eigenvalue weighted by Gasteiger charge is 2.72. The molecule has 2 aliphatic rings. The number of methoxy groups -OCH3 is 1. The lowest BCUT2D eigenvalue weighted by atomic mass is 9.75. The first kappa shape index (κ1) is 18.3. The zero-order valence-corrected chi connectivity index (χ0v) is 15.5. The van der Waals surface area contributed by atoms with Crippen LogP contribution in [0.3, 0.4) is 0 Å². The average molecular weight is 383 g/mol. The lowest BCUT2D eigenvalue weighted by Gasteiger charge is -2.29. The van der Waals surface area contributed by atoms with E-state index >= 15 is 0 Å². The van der Waals surface area contributed by atoms with Gasteiger partial charge in [0.1, 0.15) is 23.7 Å². The fraction of sp³-hybridized carbons (Fsp3) is 0.286. The molecule has 2 saturated heterocycles. The number of carbonyl (C=O) groups is 3. The fourth-order valence-corrected chi connectivity index (χ4v) is 4.63. The number of nitrogens with two attached hydrogens (primary N) is 1. The highest BCUT2D eigenvalue weighted by molar-refractivity contribution is 6.08. The summed E-state index contributed by atoms with van der Waals surface area (Å²) in [5, 5.41) is 1.74. The molecule has 6 nitrogen and oxygen atoms in total. The molecule has 4 rings (SSSR count). The maximum atomic E-state index is 13.4. The number of imide groups is 1. The van der Waals surface area contributed by atoms with Crippen molar-refractivity contribution >= 4 is 17.8 Å². The topological polar surface area (TPSA) is 80.3 Å². The van der Waals surface area contributed by atoms with E-state index in [0.29, 0.717) is 11.1 Å². The van der Waals surface area contributed by atoms with E-state index in [1.165, 1.54) is 26.3 Å². The van der Waals surface area contributed by atoms with Crippen LogP contribution in [0, 0.1) is 17.7 Å². The normalized spacial score (nSPS) is 29.1. The summed E-state index contributed by atoms with van der Waals surface area (Å²) in [6.07, 6.45) is 0. The summed E-state index contributed by atoms with van der Waals surface area (Å²) in [6, 6.07) is 14.1. The van der Waals surface area contributed by atoms with Gasteiger partial charge in [-0.25, -0.2) is 9.18 Å². The number of carbonyl (C=O) groups excluding carboxylic acids is 3. The molecule has 0 spiro atoms. The second-order valence-corrected chi connectivity index (χ2v) is 7.21. The van der Waals surface area contributed by atoms with E-state index in [0.717, 1.165) is 4.90 Å². The lowest BCUT2D eigenvalue weighted by Crippen LogP contribution is -2.96. The van der Waals surface area contributed by atoms with Crippen LogP contribution in [0.1, 0.15) is 17.2 Å². The summed E-state index contributed by atoms with van der Waals surface area (Å²) in [4.78, 5) is 40.1. The summed E-state index contributed by atoms with van der Waals surface area (Å²) >= 11 is 0. The summed E-state index contributed by atoms with van der Waals surface area (Å²) < 4.78 is 18.5. The first-order chi connectivity index (χ1) is 13.4. The summed E-state index contributed by atoms with van der Waals surface area (Å²) in [7, 11) is 2.70. The molecule has 144 valence electrons. The van der Waals surface area contributed by atoms with Crippen LogP contribution in [0.2, 0.25) is 0 Å². The Labute approximate surface area is 161 Å². The maximum absolute atomic E-state index is 13.4. The largest absolute Gasteiger partial charge is 0.464 e. The smallest absolute Gasteiger partial charge is 0.373 e. The van der Waals surface area contributed by atoms with Gasteiger partial charge in [0.25, 0.3) is 0 Å². The molecule has 0 saturated carbocycles. The summed E-state index contributed by atoms with van der Waals surface area (Å²) in [5.41, 5.74) is -0.121. The molecule has 28 heavy (non-hydrogen) atoms. The van der Waals surface area contributed by atoms with E-state index in [9.17, 15) is 18.8 Å². The number of nitrogens with zero attached hydrogens (tertiary/aromatic N) is 1. The SMILES string of the molecule is COC(=O)[C@]1(c2ccccc2)[NH2+][C@@H](c2ccc(F)cc2)[C@H]2C(=O)N(C)C(=O)[C@@H]21. The zero-order chi connectivity index (χ0) is 20.1. The van der Waals surface area contributed by atoms with Crippen LogP contribution in [-0.4, -0.2) is 36.8 Å². The molecule has 0 bridgehead atoms. The molecule has 0 radical (unpaired) electrons. The first-order valence-corrected chi connectivity index (χ1v) is 8.98. The quantitative estimate of drug-likeness (QED) is 0.626. The van der Waals surface area contributed by atoms with Crippen molar-refractivity contribution in [1.82, 2.24) is 4.90 Å². The molecule has 2 heterocycles. The number of benzene rings is 2. The highest BCUT2D eigenvalue weighted by atomic mass is 19.1. The number of hydrogen-bond donors (Lipinski definition) is 1. The summed E-state index contributed by atoms with van der Waals surface area (Å²) in [5.74, 6) is -3.40. The predicted molar refractivity (Wildman–Crippen MR) is 96.0 cm³/mol. The third-order valence-electron chi connectivity index (χ3n) is 5.92. The van der Waals surface area contributed by atoms with Crippen molar-refractivity contribution in [3.8, 4) is 0 Å². The second kappa shape index (κ2) is 6.53. The predicted octanol–water partition coefficient (Wildman–Crippen LogP) is 0.743. The number of hydrogen-bond acceptors (Lipinski definition) is 4. The summed E-state index contributed by atoms with van der Waals surface area (Å²) in [6.45, 7) is 0. The average Bonchev–Trinajstić information content (AvgIpc) is 3.19. The molecule has 2 fully saturated rings. The highest BCUT2D eigenvalue weighted by Crippen LogP contribution is 2.48. The monoisotopic (exact) mass is 383 g/mol. The van der Waals surface area contributed by atoms with Crippen LogP contribution in [0.4, 0.5) is 4.39 Å². The Morgan fingerprint density at radius 1 is 1.07 bits per heavy atom. The van der Waals surface area contributed by atoms with Crippen molar-refractivity contribution in [2.24, 2.45) is 11.8 Å². The van der Waals surface area contributed by atoms with Gasteiger partial charge >= 0.3 is 5.97 Å². The minimum Gasteiger partial charge on any atom is -0.464 e. The minimum absolute atomic E-state index is 0.345. The van der Waals surface area contributed by atoms with E-state index in [2.05, 4.69) is 0 Å². The van der Waals surface area contributed by atoms with Crippen LogP contribution in [0.25, 0.3) is 0 Å². The number of halogens is 1. The standard InChI is InChI=1S/C21H19FN2O4/c1-24-18(25)15-16(19(24)26)21(20(27)28-2,13-6-4-3-5-7-13)23-17(15)12-8-10-14(22)11-9-12/h3-11,15-17,23H,1-2H3/p+1/t15-,16+,17-,21+/m0/s1. The van der Waals surface area contributed by atoms with Crippen LogP contribution in [0.5, 0.6) is 0 Å². The van der Waals surface area contributed by atoms with Crippen LogP contribution >= 0.6 is 0 Å². The van der Waals surface area contributed by atoms with Gasteiger partial charge in [-0.05, 0) is 12.1 Å². The first-order valence-electron chi connectivity index (χ1n) is 8.98. The van der Waals surface area contributed by atoms with Crippen molar-refractivity contribution in [1.29, 1.82) is 0 Å². The van der Waals surface area contributed by atoms with E-state index < -0.39 is 41.1 Å². The zero-order valence-electron chi connectivity index (χ0n) is 15.5. The lowest BCUT2D eigenvalue weighted by molar-refractivity contribution is -0.742. The molecule has 0 unspecified atom stereocenters. The number of fused-ring (bicyclic) bond motifs is 1. The third kappa shape index (κ3) is 2.39. The molecule has 7 heteroatoms. The maximum Gasteiger partial charge on any atom is 0.373 e. The number of esters is 1. The molecule has 2 N–H and O–H groups in total. The third-order valence-corrected chi connectivity index (χ3v) is 5.92. The molecule has 0 aromatic heterocycles. The Balaban J connectivity index is 1.94. The molecule has 2 aromatic carbocycles. The second-order valence-electron chi connectivity index (χ2n) is 7.21. The molecular weight excluding hydrogens is 363 g/mol. The number of likely N-dealkylation sites (tertiary alicyclic amines) is 1. The molecule has 2 aliphatic heterocycles. The Morgan fingerprint density at radius 3 is 2.32 bits per heavy atom. The minimum atomic E-state index is -1.39. The van der Waals surface area contributed by atoms with Crippen molar-refractivity contribution in [2.75, 3.05) is 14.2 Å². The number of rotatable bonds is 3. The van der Waals surface area contributed by atoms with Crippen molar-refractivity contribution in [2.45, 2.75) is 11.6 Å². The number of quaternary nitrogens is 1. The van der Waals surface area contributed by atoms with Crippen molar-refractivity contribution < 1.29 is 28.8 Å². The van der Waals surface area contributed by atoms with Crippen molar-refractivity contribution in [3.63, 3.8) is 0 Å². The molecular formula is C21H20FN2O4+. The van der Waals surface area contributed by atoms with E-state index in [-0.39, 0.29) is 5.91 Å². The van der Waals surface area contributed by atoms with Gasteiger partial charge in [0, 0.05) is 18.2 Å². The van der Waals surface area contributed by atoms with Gasteiger partial charge in [-0.3, -0.25) is 14.5 Å². The Kier molecular flexibility index (Phi) is 4.27. The van der Waals surface area contributed by atoms with Gasteiger partial charge in [0.05, 0.1) is 7.11 Å². The van der Waals surface area contributed by atoms with Crippen LogP contribution in [-0.2, 0) is 24.7 Å². The Hall–Kier alpha value is -3.06. The Bertz CT molecular complexity index is 947. The van der Waals surface area contributed by atoms with Gasteiger partial charge in [-0.1, -0.05) is 42.5 Å². The number of ether oxygens (including phenoxy) is 1. The molecule has 0 aliphatic carbocycles. The van der Waals surface area contributed by atoms with Crippen molar-refractivity contribution in [3.05, 3.63) is 71.5 Å². The molecule has 4 atom stereocenters. The van der Waals surface area contributed by atoms with Gasteiger partial charge in [0.15, 0.2) is 0 Å². The number of amides is 2. The fourth-order valence-electron chi connectivity index (χ4n) is 4.63. The van der Waals surface area contributed by atoms with Gasteiger partial charge in [0.2, 0.25) is 17.4 Å². The van der Waals surface area contributed by atoms with E-state index in [1.54, 1.807) is 41.7 Å². The van der Waals surface area contributed by atoms with E-state index in [4.69, 9.17) is 4.74 Å². The van der Waals surface area contributed by atoms with Gasteiger partial charge < -0.3 is 10.1 Å². The van der Waals surface area contributed by atoms with Crippen LogP contribution < -0.4 is 5.32 Å². The van der Waals surface area contributed by atoms with Gasteiger partial charge in [-0.15, -0.1) is 0 Å². The molecule has 2 amide bonds. The van der Waals surface area contributed by atoms with Crippen LogP contribution in [0.15, 0.2) is 54.6 Å². The molecule has 2 aromatic rings. The Morgan fingerprint density at radius 2 is 1.71 bits per heavy atom. The van der Waals surface area contributed by atoms with E-state index in [1.807, 2.05) is 6.07 Å².